The van der Waals surface area contributed by atoms with Crippen LogP contribution < -0.4 is 0 Å². The van der Waals surface area contributed by atoms with Crippen LogP contribution in [0.5, 0.6) is 0 Å². The van der Waals surface area contributed by atoms with Crippen LogP contribution in [0.15, 0.2) is 0 Å². The predicted octanol–water partition coefficient (Wildman–Crippen LogP) is -0.285. The minimum atomic E-state index is -0.758. The van der Waals surface area contributed by atoms with E-state index >= 15 is 0 Å². The summed E-state index contributed by atoms with van der Waals surface area (Å²) in [6, 6.07) is 0. The summed E-state index contributed by atoms with van der Waals surface area (Å²) in [7, 11) is 0. The third-order valence-electron chi connectivity index (χ3n) is 0.882. The van der Waals surface area contributed by atoms with Gasteiger partial charge in [0.05, 0.1) is 0 Å². The van der Waals surface area contributed by atoms with Gasteiger partial charge < -0.3 is 0 Å². The Morgan fingerprint density at radius 3 is 1.46 bits per heavy atom. The van der Waals surface area contributed by atoms with Crippen LogP contribution in [0.3, 0.4) is 0 Å². The number of hydrogen-bond acceptors (Lipinski definition) is 2. The molecule has 71 valence electrons. The Balaban J connectivity index is 0. The van der Waals surface area contributed by atoms with Gasteiger partial charge >= 0.3 is 81.5 Å². The molecule has 1 radical (unpaired) electrons. The molecular weight excluding hydrogens is 317 g/mol. The number of carboxylic acid groups (broad SMARTS) is 2. The van der Waals surface area contributed by atoms with Crippen LogP contribution in [0.1, 0.15) is 12.8 Å². The quantitative estimate of drug-likeness (QED) is 0.498. The van der Waals surface area contributed by atoms with E-state index in [4.69, 9.17) is 10.2 Å². The van der Waals surface area contributed by atoms with Crippen molar-refractivity contribution in [1.29, 1.82) is 0 Å². The van der Waals surface area contributed by atoms with Gasteiger partial charge in [-0.15, -0.1) is 0 Å². The van der Waals surface area contributed by atoms with Gasteiger partial charge in [-0.2, -0.15) is 0 Å². The fourth-order valence-electron chi connectivity index (χ4n) is 0.376. The first kappa shape index (κ1) is 16.4. The average molecular weight is 327 g/mol. The van der Waals surface area contributed by atoms with Crippen LogP contribution >= 0.6 is 0 Å². The molecule has 0 heterocycles. The zero-order valence-electron chi connectivity index (χ0n) is 7.36. The Hall–Kier alpha value is 0.979. The molecule has 0 aromatic heterocycles. The number of rotatable bonds is 7. The molecule has 0 rings (SSSR count). The number of aliphatic carboxylic acids is 2. The van der Waals surface area contributed by atoms with E-state index in [9.17, 15) is 9.59 Å². The van der Waals surface area contributed by atoms with E-state index in [-0.39, 0.29) is 42.4 Å². The van der Waals surface area contributed by atoms with Crippen molar-refractivity contribution in [3.8, 4) is 0 Å². The minimum absolute atomic E-state index is 0. The zero-order chi connectivity index (χ0) is 9.40. The van der Waals surface area contributed by atoms with Gasteiger partial charge in [0, 0.05) is 29.6 Å². The van der Waals surface area contributed by atoms with E-state index in [0.29, 0.717) is 26.3 Å². The van der Waals surface area contributed by atoms with Crippen molar-refractivity contribution in [2.45, 2.75) is 23.5 Å². The molecule has 0 amide bonds. The molecular formula is C6H10NaO4Se2. The van der Waals surface area contributed by atoms with Gasteiger partial charge in [-0.3, -0.25) is 0 Å². The maximum absolute atomic E-state index is 10.1. The molecule has 0 bridgehead atoms. The number of hydrogen-bond donors (Lipinski definition) is 2. The summed E-state index contributed by atoms with van der Waals surface area (Å²) in [6.45, 7) is 0. The van der Waals surface area contributed by atoms with Crippen molar-refractivity contribution < 1.29 is 19.8 Å². The third-order valence-corrected chi connectivity index (χ3v) is 8.24. The second-order valence-electron chi connectivity index (χ2n) is 1.93. The third kappa shape index (κ3) is 15.7. The van der Waals surface area contributed by atoms with Crippen LogP contribution in [0.4, 0.5) is 0 Å². The van der Waals surface area contributed by atoms with Gasteiger partial charge in [-0.1, -0.05) is 0 Å². The minimum Gasteiger partial charge on any atom is 0 e. The largest absolute Gasteiger partial charge is 0 e. The van der Waals surface area contributed by atoms with Gasteiger partial charge in [-0.25, -0.2) is 0 Å². The average Bonchev–Trinajstić information content (AvgIpc) is 1.95. The molecule has 0 atom stereocenters. The van der Waals surface area contributed by atoms with E-state index in [1.54, 1.807) is 0 Å². The van der Waals surface area contributed by atoms with E-state index in [1.807, 2.05) is 0 Å². The summed E-state index contributed by atoms with van der Waals surface area (Å²) in [5, 5.41) is 18.0. The molecule has 0 saturated carbocycles. The summed E-state index contributed by atoms with van der Waals surface area (Å²) < 4.78 is 0. The normalized spacial score (nSPS) is 8.92. The Labute approximate surface area is 110 Å². The molecule has 0 aliphatic carbocycles. The Morgan fingerprint density at radius 2 is 1.23 bits per heavy atom. The summed E-state index contributed by atoms with van der Waals surface area (Å²) in [5.74, 6) is -1.52. The van der Waals surface area contributed by atoms with Gasteiger partial charge in [0.25, 0.3) is 0 Å². The second-order valence-corrected chi connectivity index (χ2v) is 9.77. The van der Waals surface area contributed by atoms with Crippen molar-refractivity contribution in [2.24, 2.45) is 0 Å². The molecule has 0 spiro atoms. The predicted molar refractivity (Wildman–Crippen MR) is 51.4 cm³/mol. The van der Waals surface area contributed by atoms with Crippen molar-refractivity contribution in [3.05, 3.63) is 0 Å². The molecule has 13 heavy (non-hydrogen) atoms. The van der Waals surface area contributed by atoms with Crippen LogP contribution in [-0.2, 0) is 9.59 Å². The first-order chi connectivity index (χ1) is 5.63. The Morgan fingerprint density at radius 1 is 0.923 bits per heavy atom. The van der Waals surface area contributed by atoms with Gasteiger partial charge in [-0.05, 0) is 0 Å². The van der Waals surface area contributed by atoms with E-state index in [2.05, 4.69) is 0 Å². The number of carboxylic acids is 2. The fourth-order valence-corrected chi connectivity index (χ4v) is 6.34. The topological polar surface area (TPSA) is 74.6 Å². The van der Waals surface area contributed by atoms with E-state index in [1.165, 1.54) is 0 Å². The molecule has 2 N–H and O–H groups in total. The van der Waals surface area contributed by atoms with Gasteiger partial charge in [0.1, 0.15) is 0 Å². The first-order valence-electron chi connectivity index (χ1n) is 3.31. The zero-order valence-corrected chi connectivity index (χ0v) is 12.8. The molecule has 0 aromatic carbocycles. The monoisotopic (exact) mass is 329 g/mol. The standard InChI is InChI=1S/C6H10O4Se2.Na/c7-5(8)1-3-11-12-4-2-6(9)10;/h1-4H2,(H,7,8)(H,9,10);. The molecule has 0 saturated heterocycles. The van der Waals surface area contributed by atoms with Crippen molar-refractivity contribution in [1.82, 2.24) is 0 Å². The molecule has 0 unspecified atom stereocenters. The van der Waals surface area contributed by atoms with Crippen molar-refractivity contribution in [3.63, 3.8) is 0 Å². The van der Waals surface area contributed by atoms with Gasteiger partial charge in [0.2, 0.25) is 0 Å². The smallest absolute Gasteiger partial charge is 0 e. The molecule has 0 aliphatic heterocycles. The number of carbonyl (C=O) groups is 2. The van der Waals surface area contributed by atoms with Crippen LogP contribution in [0.25, 0.3) is 0 Å². The summed E-state index contributed by atoms with van der Waals surface area (Å²) >= 11 is 0.724. The Bertz CT molecular complexity index is 147. The van der Waals surface area contributed by atoms with Crippen molar-refractivity contribution in [2.75, 3.05) is 0 Å². The van der Waals surface area contributed by atoms with Gasteiger partial charge in [0.15, 0.2) is 0 Å². The fraction of sp³-hybridized carbons (Fsp3) is 0.667. The van der Waals surface area contributed by atoms with Crippen LogP contribution in [0, 0.1) is 0 Å². The van der Waals surface area contributed by atoms with E-state index < -0.39 is 11.9 Å². The molecule has 0 aliphatic rings. The molecule has 7 heteroatoms. The Kier molecular flexibility index (Phi) is 14.0. The molecule has 0 fully saturated rings. The summed E-state index contributed by atoms with van der Waals surface area (Å²) in [5.41, 5.74) is 0. The van der Waals surface area contributed by atoms with Crippen LogP contribution in [-0.4, -0.2) is 78.0 Å². The van der Waals surface area contributed by atoms with Crippen LogP contribution in [0.2, 0.25) is 10.6 Å². The molecule has 4 nitrogen and oxygen atoms in total. The van der Waals surface area contributed by atoms with E-state index in [0.717, 1.165) is 10.6 Å². The summed E-state index contributed by atoms with van der Waals surface area (Å²) in [4.78, 5) is 20.1. The first-order valence-corrected chi connectivity index (χ1v) is 10.1. The maximum Gasteiger partial charge on any atom is 0 e. The van der Waals surface area contributed by atoms with Crippen molar-refractivity contribution >= 4 is 67.8 Å². The maximum atomic E-state index is 10.1. The summed E-state index contributed by atoms with van der Waals surface area (Å²) in [6.07, 6.45) is 0.462. The molecule has 0 aromatic rings. The second kappa shape index (κ2) is 11.1. The SMILES string of the molecule is O=C(O)CC[Se][Se]CCC(=O)O.[Na].